The molecular formula is C41H60O2. The Kier molecular flexibility index (Phi) is 13.5. The van der Waals surface area contributed by atoms with E-state index in [0.29, 0.717) is 5.92 Å². The van der Waals surface area contributed by atoms with Crippen LogP contribution >= 0.6 is 0 Å². The molecule has 236 valence electrons. The fourth-order valence-corrected chi connectivity index (χ4v) is 6.64. The minimum Gasteiger partial charge on any atom is -0.393 e. The lowest BCUT2D eigenvalue weighted by molar-refractivity contribution is -0.0467. The van der Waals surface area contributed by atoms with Crippen LogP contribution < -0.4 is 0 Å². The topological polar surface area (TPSA) is 40.5 Å². The van der Waals surface area contributed by atoms with Gasteiger partial charge < -0.3 is 10.2 Å². The Morgan fingerprint density at radius 2 is 1.16 bits per heavy atom. The highest BCUT2D eigenvalue weighted by Crippen LogP contribution is 2.54. The van der Waals surface area contributed by atoms with E-state index in [4.69, 9.17) is 0 Å². The van der Waals surface area contributed by atoms with E-state index in [0.717, 1.165) is 25.7 Å². The van der Waals surface area contributed by atoms with E-state index < -0.39 is 0 Å². The number of rotatable bonds is 10. The molecule has 4 atom stereocenters. The molecule has 0 aromatic heterocycles. The molecule has 1 fully saturated rings. The summed E-state index contributed by atoms with van der Waals surface area (Å²) in [5.74, 6) is 0.442. The number of aliphatic hydroxyl groups excluding tert-OH is 2. The van der Waals surface area contributed by atoms with Crippen LogP contribution in [0.2, 0.25) is 0 Å². The van der Waals surface area contributed by atoms with Crippen molar-refractivity contribution in [1.29, 1.82) is 0 Å². The maximum absolute atomic E-state index is 10.3. The summed E-state index contributed by atoms with van der Waals surface area (Å²) >= 11 is 0. The molecule has 0 amide bonds. The standard InChI is InChI=1S/C41H60O2/c1-30(18-14-20-32(3)22-23-38-34(5)26-36(42)28-39(38,7)8)16-12-13-17-31(2)19-15-21-33(4)24-25-41(11)35(6)27-37(43)29-40(41,9)10/h12-25,35-37,42-43H,26-29H2,1-11H3/b13-12+,18-14+,19-15+,23-22+,25-24+,30-16+,31-17+,32-20+,33-21+. The summed E-state index contributed by atoms with van der Waals surface area (Å²) in [4.78, 5) is 0. The summed E-state index contributed by atoms with van der Waals surface area (Å²) in [6, 6.07) is 0. The fourth-order valence-electron chi connectivity index (χ4n) is 6.64. The van der Waals surface area contributed by atoms with E-state index >= 15 is 0 Å². The van der Waals surface area contributed by atoms with Crippen LogP contribution in [-0.2, 0) is 0 Å². The molecule has 43 heavy (non-hydrogen) atoms. The van der Waals surface area contributed by atoms with Gasteiger partial charge in [0.1, 0.15) is 0 Å². The summed E-state index contributed by atoms with van der Waals surface area (Å²) in [5, 5.41) is 20.4. The van der Waals surface area contributed by atoms with Gasteiger partial charge in [0, 0.05) is 0 Å². The Morgan fingerprint density at radius 3 is 1.67 bits per heavy atom. The van der Waals surface area contributed by atoms with E-state index in [1.165, 1.54) is 33.4 Å². The third-order valence-electron chi connectivity index (χ3n) is 9.80. The first-order valence-electron chi connectivity index (χ1n) is 16.1. The second kappa shape index (κ2) is 15.9. The Morgan fingerprint density at radius 1 is 0.674 bits per heavy atom. The number of hydrogen-bond donors (Lipinski definition) is 2. The van der Waals surface area contributed by atoms with Crippen molar-refractivity contribution >= 4 is 0 Å². The third kappa shape index (κ3) is 11.1. The van der Waals surface area contributed by atoms with Gasteiger partial charge in [0.05, 0.1) is 12.2 Å². The van der Waals surface area contributed by atoms with Crippen LogP contribution in [-0.4, -0.2) is 22.4 Å². The second-order valence-electron chi connectivity index (χ2n) is 14.7. The summed E-state index contributed by atoms with van der Waals surface area (Å²) in [7, 11) is 0. The van der Waals surface area contributed by atoms with E-state index in [2.05, 4.69) is 161 Å². The first-order chi connectivity index (χ1) is 20.0. The minimum atomic E-state index is -0.226. The third-order valence-corrected chi connectivity index (χ3v) is 9.80. The zero-order valence-corrected chi connectivity index (χ0v) is 29.0. The van der Waals surface area contributed by atoms with Crippen LogP contribution in [0.15, 0.2) is 119 Å². The molecule has 0 heterocycles. The Hall–Kier alpha value is -2.68. The Bertz CT molecular complexity index is 1260. The van der Waals surface area contributed by atoms with Gasteiger partial charge in [0.2, 0.25) is 0 Å². The highest BCUT2D eigenvalue weighted by atomic mass is 16.3. The molecule has 4 unspecified atom stereocenters. The molecule has 2 aliphatic rings. The van der Waals surface area contributed by atoms with Crippen LogP contribution in [0.1, 0.15) is 102 Å². The molecule has 2 rings (SSSR count). The van der Waals surface area contributed by atoms with Crippen molar-refractivity contribution < 1.29 is 10.2 Å². The van der Waals surface area contributed by atoms with E-state index in [-0.39, 0.29) is 28.5 Å². The van der Waals surface area contributed by atoms with E-state index in [1.807, 2.05) is 0 Å². The van der Waals surface area contributed by atoms with Crippen LogP contribution in [0.3, 0.4) is 0 Å². The molecule has 0 aliphatic heterocycles. The fraction of sp³-hybridized carbons (Fsp3) is 0.512. The Balaban J connectivity index is 1.91. The van der Waals surface area contributed by atoms with Crippen LogP contribution in [0.5, 0.6) is 0 Å². The number of hydrogen-bond acceptors (Lipinski definition) is 2. The van der Waals surface area contributed by atoms with Gasteiger partial charge in [-0.05, 0) is 88.0 Å². The van der Waals surface area contributed by atoms with Crippen molar-refractivity contribution in [3.05, 3.63) is 119 Å². The number of allylic oxidation sites excluding steroid dienone is 19. The first-order valence-corrected chi connectivity index (χ1v) is 16.1. The van der Waals surface area contributed by atoms with Crippen molar-refractivity contribution in [2.45, 2.75) is 114 Å². The van der Waals surface area contributed by atoms with Crippen molar-refractivity contribution in [1.82, 2.24) is 0 Å². The molecule has 0 spiro atoms. The van der Waals surface area contributed by atoms with Gasteiger partial charge in [-0.2, -0.15) is 0 Å². The maximum atomic E-state index is 10.3. The smallest absolute Gasteiger partial charge is 0.0585 e. The molecule has 2 heteroatoms. The molecule has 0 aromatic carbocycles. The summed E-state index contributed by atoms with van der Waals surface area (Å²) < 4.78 is 0. The van der Waals surface area contributed by atoms with Gasteiger partial charge in [-0.1, -0.05) is 154 Å². The lowest BCUT2D eigenvalue weighted by Crippen LogP contribution is -2.47. The van der Waals surface area contributed by atoms with Crippen LogP contribution in [0, 0.1) is 22.2 Å². The largest absolute Gasteiger partial charge is 0.393 e. The summed E-state index contributed by atoms with van der Waals surface area (Å²) in [5.41, 5.74) is 7.59. The predicted octanol–water partition coefficient (Wildman–Crippen LogP) is 10.9. The summed E-state index contributed by atoms with van der Waals surface area (Å²) in [6.07, 6.45) is 33.1. The van der Waals surface area contributed by atoms with Gasteiger partial charge >= 0.3 is 0 Å². The first kappa shape index (κ1) is 36.5. The average molecular weight is 585 g/mol. The van der Waals surface area contributed by atoms with Gasteiger partial charge in [0.15, 0.2) is 0 Å². The van der Waals surface area contributed by atoms with Crippen molar-refractivity contribution in [3.63, 3.8) is 0 Å². The maximum Gasteiger partial charge on any atom is 0.0585 e. The molecule has 2 nitrogen and oxygen atoms in total. The molecule has 2 N–H and O–H groups in total. The van der Waals surface area contributed by atoms with Crippen molar-refractivity contribution in [2.75, 3.05) is 0 Å². The van der Waals surface area contributed by atoms with E-state index in [9.17, 15) is 10.2 Å². The lowest BCUT2D eigenvalue weighted by atomic mass is 9.53. The molecule has 0 saturated heterocycles. The van der Waals surface area contributed by atoms with Gasteiger partial charge in [-0.3, -0.25) is 0 Å². The average Bonchev–Trinajstić information content (AvgIpc) is 2.87. The monoisotopic (exact) mass is 584 g/mol. The molecule has 0 aromatic rings. The number of aliphatic hydroxyl groups is 2. The normalized spacial score (nSPS) is 29.8. The van der Waals surface area contributed by atoms with Crippen LogP contribution in [0.4, 0.5) is 0 Å². The highest BCUT2D eigenvalue weighted by Gasteiger charge is 2.48. The van der Waals surface area contributed by atoms with Crippen LogP contribution in [0.25, 0.3) is 0 Å². The SMILES string of the molecule is CC1=C(/C=C/C(C)=C/C=C/C(C)=C/C=C/C=C(C)/C=C/C=C(C)/C=C/C2(C)C(C)CC(O)CC2(C)C)C(C)(C)CC(O)C1. The van der Waals surface area contributed by atoms with Gasteiger partial charge in [-0.15, -0.1) is 0 Å². The van der Waals surface area contributed by atoms with Crippen molar-refractivity contribution in [3.8, 4) is 0 Å². The van der Waals surface area contributed by atoms with Gasteiger partial charge in [0.25, 0.3) is 0 Å². The quantitative estimate of drug-likeness (QED) is 0.251. The second-order valence-corrected chi connectivity index (χ2v) is 14.7. The molecular weight excluding hydrogens is 524 g/mol. The van der Waals surface area contributed by atoms with E-state index in [1.54, 1.807) is 0 Å². The van der Waals surface area contributed by atoms with Crippen molar-refractivity contribution in [2.24, 2.45) is 22.2 Å². The predicted molar refractivity (Wildman–Crippen MR) is 189 cm³/mol. The Labute approximate surface area is 264 Å². The lowest BCUT2D eigenvalue weighted by Gasteiger charge is -2.52. The zero-order chi connectivity index (χ0) is 32.4. The highest BCUT2D eigenvalue weighted by molar-refractivity contribution is 5.38. The molecule has 1 saturated carbocycles. The summed E-state index contributed by atoms with van der Waals surface area (Å²) in [6.45, 7) is 24.3. The molecule has 2 aliphatic carbocycles. The molecule has 0 bridgehead atoms. The zero-order valence-electron chi connectivity index (χ0n) is 29.0. The molecule has 0 radical (unpaired) electrons. The van der Waals surface area contributed by atoms with Gasteiger partial charge in [-0.25, -0.2) is 0 Å². The minimum absolute atomic E-state index is 0.00555.